The van der Waals surface area contributed by atoms with Crippen LogP contribution >= 0.6 is 0 Å². The standard InChI is InChI=1S/C11H24N4O2/c1-8(16)10(7-13)15-11(17)9(14-2)5-3-4-6-12/h9-10,14H,3-7,12-13H2,1-2H3,(H,15,17). The first-order chi connectivity index (χ1) is 8.06. The quantitative estimate of drug-likeness (QED) is 0.378. The van der Waals surface area contributed by atoms with Gasteiger partial charge in [-0.2, -0.15) is 0 Å². The Kier molecular flexibility index (Phi) is 8.57. The van der Waals surface area contributed by atoms with Crippen LogP contribution in [0.4, 0.5) is 0 Å². The molecule has 6 nitrogen and oxygen atoms in total. The van der Waals surface area contributed by atoms with Crippen LogP contribution in [0.1, 0.15) is 26.2 Å². The first-order valence-corrected chi connectivity index (χ1v) is 5.95. The minimum Gasteiger partial charge on any atom is -0.344 e. The second-order valence-corrected chi connectivity index (χ2v) is 4.03. The van der Waals surface area contributed by atoms with E-state index in [1.165, 1.54) is 6.92 Å². The Labute approximate surface area is 102 Å². The SMILES string of the molecule is CNC(CCCCN)C(=O)NC(CN)C(C)=O. The molecule has 0 spiro atoms. The van der Waals surface area contributed by atoms with Gasteiger partial charge < -0.3 is 22.1 Å². The van der Waals surface area contributed by atoms with Crippen LogP contribution in [0.3, 0.4) is 0 Å². The third kappa shape index (κ3) is 6.35. The molecule has 0 rings (SSSR count). The predicted octanol–water partition coefficient (Wildman–Crippen LogP) is -1.26. The number of carbonyl (C=O) groups is 2. The van der Waals surface area contributed by atoms with Crippen LogP contribution in [0, 0.1) is 0 Å². The summed E-state index contributed by atoms with van der Waals surface area (Å²) in [4.78, 5) is 23.0. The molecular formula is C11H24N4O2. The molecule has 0 aromatic rings. The van der Waals surface area contributed by atoms with E-state index >= 15 is 0 Å². The van der Waals surface area contributed by atoms with Crippen molar-refractivity contribution in [3.63, 3.8) is 0 Å². The molecule has 0 saturated carbocycles. The van der Waals surface area contributed by atoms with E-state index in [2.05, 4.69) is 10.6 Å². The number of hydrogen-bond acceptors (Lipinski definition) is 5. The summed E-state index contributed by atoms with van der Waals surface area (Å²) in [7, 11) is 1.72. The Hall–Kier alpha value is -0.980. The number of carbonyl (C=O) groups excluding carboxylic acids is 2. The summed E-state index contributed by atoms with van der Waals surface area (Å²) in [6.07, 6.45) is 2.47. The van der Waals surface area contributed by atoms with Crippen molar-refractivity contribution in [3.8, 4) is 0 Å². The summed E-state index contributed by atoms with van der Waals surface area (Å²) in [5, 5.41) is 5.56. The van der Waals surface area contributed by atoms with E-state index < -0.39 is 6.04 Å². The fourth-order valence-corrected chi connectivity index (χ4v) is 1.50. The topological polar surface area (TPSA) is 110 Å². The molecule has 100 valence electrons. The van der Waals surface area contributed by atoms with E-state index in [9.17, 15) is 9.59 Å². The molecule has 0 aliphatic heterocycles. The van der Waals surface area contributed by atoms with Crippen molar-refractivity contribution in [2.45, 2.75) is 38.3 Å². The lowest BCUT2D eigenvalue weighted by Crippen LogP contribution is -2.51. The maximum absolute atomic E-state index is 11.8. The van der Waals surface area contributed by atoms with Gasteiger partial charge in [-0.25, -0.2) is 0 Å². The molecule has 2 atom stereocenters. The number of hydrogen-bond donors (Lipinski definition) is 4. The summed E-state index contributed by atoms with van der Waals surface area (Å²) in [5.74, 6) is -0.312. The van der Waals surface area contributed by atoms with Crippen molar-refractivity contribution in [2.75, 3.05) is 20.1 Å². The van der Waals surface area contributed by atoms with Crippen molar-refractivity contribution in [1.29, 1.82) is 0 Å². The molecule has 17 heavy (non-hydrogen) atoms. The van der Waals surface area contributed by atoms with E-state index in [1.54, 1.807) is 7.05 Å². The van der Waals surface area contributed by atoms with Crippen LogP contribution in [0.25, 0.3) is 0 Å². The normalized spacial score (nSPS) is 14.1. The van der Waals surface area contributed by atoms with E-state index in [0.29, 0.717) is 13.0 Å². The highest BCUT2D eigenvalue weighted by Crippen LogP contribution is 2.00. The molecule has 0 bridgehead atoms. The van der Waals surface area contributed by atoms with Crippen molar-refractivity contribution in [3.05, 3.63) is 0 Å². The maximum Gasteiger partial charge on any atom is 0.237 e. The molecular weight excluding hydrogens is 220 g/mol. The summed E-state index contributed by atoms with van der Waals surface area (Å²) in [6.45, 7) is 2.16. The Morgan fingerprint density at radius 1 is 1.18 bits per heavy atom. The molecule has 0 aromatic carbocycles. The Morgan fingerprint density at radius 3 is 2.24 bits per heavy atom. The average Bonchev–Trinajstić information content (AvgIpc) is 2.31. The first kappa shape index (κ1) is 16.0. The van der Waals surface area contributed by atoms with E-state index in [-0.39, 0.29) is 24.3 Å². The Morgan fingerprint density at radius 2 is 1.82 bits per heavy atom. The highest BCUT2D eigenvalue weighted by atomic mass is 16.2. The van der Waals surface area contributed by atoms with Gasteiger partial charge in [-0.15, -0.1) is 0 Å². The van der Waals surface area contributed by atoms with Crippen molar-refractivity contribution < 1.29 is 9.59 Å². The number of nitrogens with two attached hydrogens (primary N) is 2. The van der Waals surface area contributed by atoms with Gasteiger partial charge in [-0.1, -0.05) is 6.42 Å². The predicted molar refractivity (Wildman–Crippen MR) is 67.4 cm³/mol. The van der Waals surface area contributed by atoms with Gasteiger partial charge in [-0.3, -0.25) is 9.59 Å². The molecule has 0 heterocycles. The third-order valence-corrected chi connectivity index (χ3v) is 2.65. The van der Waals surface area contributed by atoms with Gasteiger partial charge in [0, 0.05) is 6.54 Å². The van der Waals surface area contributed by atoms with Crippen molar-refractivity contribution >= 4 is 11.7 Å². The van der Waals surface area contributed by atoms with Crippen LogP contribution in [-0.4, -0.2) is 43.9 Å². The zero-order chi connectivity index (χ0) is 13.3. The molecule has 0 aromatic heterocycles. The molecule has 0 fully saturated rings. The Balaban J connectivity index is 4.18. The summed E-state index contributed by atoms with van der Waals surface area (Å²) < 4.78 is 0. The van der Waals surface area contributed by atoms with E-state index in [4.69, 9.17) is 11.5 Å². The van der Waals surface area contributed by atoms with Crippen molar-refractivity contribution in [2.24, 2.45) is 11.5 Å². The second-order valence-electron chi connectivity index (χ2n) is 4.03. The fraction of sp³-hybridized carbons (Fsp3) is 0.818. The van der Waals surface area contributed by atoms with Crippen LogP contribution in [-0.2, 0) is 9.59 Å². The third-order valence-electron chi connectivity index (χ3n) is 2.65. The lowest BCUT2D eigenvalue weighted by atomic mass is 10.1. The van der Waals surface area contributed by atoms with Gasteiger partial charge in [0.1, 0.15) is 0 Å². The van der Waals surface area contributed by atoms with Gasteiger partial charge in [0.2, 0.25) is 5.91 Å². The molecule has 6 N–H and O–H groups in total. The lowest BCUT2D eigenvalue weighted by Gasteiger charge is -2.19. The zero-order valence-corrected chi connectivity index (χ0v) is 10.7. The second kappa shape index (κ2) is 9.09. The monoisotopic (exact) mass is 244 g/mol. The van der Waals surface area contributed by atoms with Gasteiger partial charge >= 0.3 is 0 Å². The Bertz CT molecular complexity index is 246. The minimum absolute atomic E-state index is 0.125. The summed E-state index contributed by atoms with van der Waals surface area (Å²) in [5.41, 5.74) is 10.8. The summed E-state index contributed by atoms with van der Waals surface area (Å²) in [6, 6.07) is -0.886. The number of likely N-dealkylation sites (N-methyl/N-ethyl adjacent to an activating group) is 1. The number of nitrogens with one attached hydrogen (secondary N) is 2. The van der Waals surface area contributed by atoms with Crippen molar-refractivity contribution in [1.82, 2.24) is 10.6 Å². The van der Waals surface area contributed by atoms with Gasteiger partial charge in [-0.05, 0) is 33.4 Å². The molecule has 0 saturated heterocycles. The molecule has 6 heteroatoms. The molecule has 2 unspecified atom stereocenters. The van der Waals surface area contributed by atoms with E-state index in [1.807, 2.05) is 0 Å². The largest absolute Gasteiger partial charge is 0.344 e. The van der Waals surface area contributed by atoms with Crippen LogP contribution < -0.4 is 22.1 Å². The number of Topliss-reactive ketones (excluding diaryl/α,β-unsaturated/α-hetero) is 1. The lowest BCUT2D eigenvalue weighted by molar-refractivity contribution is -0.128. The number of amides is 1. The average molecular weight is 244 g/mol. The van der Waals surface area contributed by atoms with Gasteiger partial charge in [0.05, 0.1) is 12.1 Å². The molecule has 0 aliphatic rings. The smallest absolute Gasteiger partial charge is 0.237 e. The highest BCUT2D eigenvalue weighted by molar-refractivity contribution is 5.89. The van der Waals surface area contributed by atoms with Gasteiger partial charge in [0.15, 0.2) is 5.78 Å². The first-order valence-electron chi connectivity index (χ1n) is 5.95. The summed E-state index contributed by atoms with van der Waals surface area (Å²) >= 11 is 0. The maximum atomic E-state index is 11.8. The number of unbranched alkanes of at least 4 members (excludes halogenated alkanes) is 1. The van der Waals surface area contributed by atoms with Crippen LogP contribution in [0.2, 0.25) is 0 Å². The fourth-order valence-electron chi connectivity index (χ4n) is 1.50. The molecule has 0 aliphatic carbocycles. The molecule has 1 amide bonds. The van der Waals surface area contributed by atoms with Crippen LogP contribution in [0.5, 0.6) is 0 Å². The number of ketones is 1. The van der Waals surface area contributed by atoms with Gasteiger partial charge in [0.25, 0.3) is 0 Å². The highest BCUT2D eigenvalue weighted by Gasteiger charge is 2.21. The van der Waals surface area contributed by atoms with Crippen LogP contribution in [0.15, 0.2) is 0 Å². The minimum atomic E-state index is -0.590. The zero-order valence-electron chi connectivity index (χ0n) is 10.7. The van der Waals surface area contributed by atoms with E-state index in [0.717, 1.165) is 12.8 Å². The molecule has 0 radical (unpaired) electrons. The number of rotatable bonds is 9.